The normalized spacial score (nSPS) is 10.9. The molecule has 4 aromatic rings. The van der Waals surface area contributed by atoms with Crippen molar-refractivity contribution >= 4 is 22.8 Å². The van der Waals surface area contributed by atoms with Crippen LogP contribution in [-0.4, -0.2) is 25.9 Å². The summed E-state index contributed by atoms with van der Waals surface area (Å²) in [6, 6.07) is 19.1. The van der Waals surface area contributed by atoms with Gasteiger partial charge in [-0.3, -0.25) is 20.4 Å². The molecule has 4 rings (SSSR count). The van der Waals surface area contributed by atoms with E-state index in [1.54, 1.807) is 12.1 Å². The molecule has 7 nitrogen and oxygen atoms in total. The fraction of sp³-hybridized carbons (Fsp3) is 0.208. The summed E-state index contributed by atoms with van der Waals surface area (Å²) in [5, 5.41) is 0. The van der Waals surface area contributed by atoms with Gasteiger partial charge in [-0.1, -0.05) is 19.1 Å². The van der Waals surface area contributed by atoms with Gasteiger partial charge in [-0.15, -0.1) is 0 Å². The summed E-state index contributed by atoms with van der Waals surface area (Å²) >= 11 is 0. The van der Waals surface area contributed by atoms with Gasteiger partial charge in [0.25, 0.3) is 11.8 Å². The van der Waals surface area contributed by atoms with E-state index in [0.29, 0.717) is 12.0 Å². The Balaban J connectivity index is 1.41. The maximum Gasteiger partial charge on any atom is 0.269 e. The summed E-state index contributed by atoms with van der Waals surface area (Å²) in [6.07, 6.45) is 0.709. The molecule has 0 saturated carbocycles. The van der Waals surface area contributed by atoms with E-state index in [1.807, 2.05) is 61.7 Å². The smallest absolute Gasteiger partial charge is 0.269 e. The van der Waals surface area contributed by atoms with Crippen molar-refractivity contribution in [3.05, 3.63) is 83.4 Å². The maximum atomic E-state index is 12.5. The van der Waals surface area contributed by atoms with Crippen molar-refractivity contribution in [1.29, 1.82) is 0 Å². The van der Waals surface area contributed by atoms with E-state index in [4.69, 9.17) is 0 Å². The summed E-state index contributed by atoms with van der Waals surface area (Å²) in [4.78, 5) is 29.5. The number of carbonyl (C=O) groups excluding carboxylic acids is 2. The molecule has 2 aromatic carbocycles. The third kappa shape index (κ3) is 4.07. The van der Waals surface area contributed by atoms with Crippen molar-refractivity contribution < 1.29 is 9.59 Å². The Morgan fingerprint density at radius 2 is 1.58 bits per heavy atom. The Morgan fingerprint density at radius 3 is 2.26 bits per heavy atom. The average Bonchev–Trinajstić information content (AvgIpc) is 3.31. The van der Waals surface area contributed by atoms with E-state index in [9.17, 15) is 9.59 Å². The predicted molar refractivity (Wildman–Crippen MR) is 120 cm³/mol. The molecular formula is C24H25N5O2. The summed E-state index contributed by atoms with van der Waals surface area (Å²) in [5.74, 6) is 0.141. The fourth-order valence-electron chi connectivity index (χ4n) is 3.79. The number of imidazole rings is 1. The van der Waals surface area contributed by atoms with Crippen LogP contribution in [0.3, 0.4) is 0 Å². The molecule has 0 aliphatic rings. The summed E-state index contributed by atoms with van der Waals surface area (Å²) in [5.41, 5.74) is 10.4. The largest absolute Gasteiger partial charge is 0.319 e. The Morgan fingerprint density at radius 1 is 0.903 bits per heavy atom. The van der Waals surface area contributed by atoms with Crippen molar-refractivity contribution in [2.24, 2.45) is 0 Å². The maximum absolute atomic E-state index is 12.5. The van der Waals surface area contributed by atoms with E-state index in [-0.39, 0.29) is 18.4 Å². The summed E-state index contributed by atoms with van der Waals surface area (Å²) in [7, 11) is 0. The minimum atomic E-state index is -0.368. The second-order valence-electron chi connectivity index (χ2n) is 7.46. The number of nitrogens with zero attached hydrogens (tertiary/aromatic N) is 3. The van der Waals surface area contributed by atoms with Gasteiger partial charge >= 0.3 is 0 Å². The van der Waals surface area contributed by atoms with Gasteiger partial charge in [-0.25, -0.2) is 4.98 Å². The van der Waals surface area contributed by atoms with Crippen LogP contribution in [0.25, 0.3) is 16.7 Å². The summed E-state index contributed by atoms with van der Waals surface area (Å²) < 4.78 is 3.98. The van der Waals surface area contributed by atoms with Gasteiger partial charge in [-0.2, -0.15) is 0 Å². The SMILES string of the molecule is CCc1nc2ccccc2n1CC(=O)NNC(=O)c1ccc(-n2c(C)ccc2C)cc1. The van der Waals surface area contributed by atoms with Gasteiger partial charge in [0, 0.05) is 29.1 Å². The molecule has 0 saturated heterocycles. The van der Waals surface area contributed by atoms with Crippen molar-refractivity contribution in [1.82, 2.24) is 25.0 Å². The molecule has 31 heavy (non-hydrogen) atoms. The second kappa shape index (κ2) is 8.47. The Hall–Kier alpha value is -3.87. The number of hydrogen-bond donors (Lipinski definition) is 2. The van der Waals surface area contributed by atoms with Gasteiger partial charge in [0.2, 0.25) is 0 Å². The van der Waals surface area contributed by atoms with Crippen LogP contribution >= 0.6 is 0 Å². The quantitative estimate of drug-likeness (QED) is 0.490. The lowest BCUT2D eigenvalue weighted by Crippen LogP contribution is -2.43. The minimum absolute atomic E-state index is 0.0785. The van der Waals surface area contributed by atoms with Gasteiger partial charge in [0.05, 0.1) is 11.0 Å². The lowest BCUT2D eigenvalue weighted by atomic mass is 10.2. The first kappa shape index (κ1) is 20.4. The zero-order valence-corrected chi connectivity index (χ0v) is 17.8. The number of para-hydroxylation sites is 2. The van der Waals surface area contributed by atoms with Crippen LogP contribution in [0.5, 0.6) is 0 Å². The third-order valence-electron chi connectivity index (χ3n) is 5.33. The fourth-order valence-corrected chi connectivity index (χ4v) is 3.79. The molecule has 2 amide bonds. The molecule has 0 bridgehead atoms. The number of aromatic nitrogens is 3. The molecule has 7 heteroatoms. The van der Waals surface area contributed by atoms with Crippen LogP contribution in [0, 0.1) is 13.8 Å². The predicted octanol–water partition coefficient (Wildman–Crippen LogP) is 3.47. The van der Waals surface area contributed by atoms with Gasteiger partial charge in [-0.05, 0) is 62.4 Å². The Kier molecular flexibility index (Phi) is 5.58. The van der Waals surface area contributed by atoms with Gasteiger partial charge in [0.15, 0.2) is 0 Å². The molecular weight excluding hydrogens is 390 g/mol. The minimum Gasteiger partial charge on any atom is -0.319 e. The molecule has 2 N–H and O–H groups in total. The third-order valence-corrected chi connectivity index (χ3v) is 5.33. The van der Waals surface area contributed by atoms with Gasteiger partial charge < -0.3 is 9.13 Å². The number of rotatable bonds is 5. The number of benzene rings is 2. The van der Waals surface area contributed by atoms with Gasteiger partial charge in [0.1, 0.15) is 12.4 Å². The van der Waals surface area contributed by atoms with Crippen molar-refractivity contribution in [3.8, 4) is 5.69 Å². The molecule has 0 spiro atoms. The molecule has 2 aromatic heterocycles. The number of fused-ring (bicyclic) bond motifs is 1. The topological polar surface area (TPSA) is 81.0 Å². The number of hydrogen-bond acceptors (Lipinski definition) is 3. The highest BCUT2D eigenvalue weighted by Crippen LogP contribution is 2.17. The van der Waals surface area contributed by atoms with E-state index in [0.717, 1.165) is 33.9 Å². The Bertz CT molecular complexity index is 1230. The van der Waals surface area contributed by atoms with Crippen molar-refractivity contribution in [3.63, 3.8) is 0 Å². The molecule has 158 valence electrons. The molecule has 0 atom stereocenters. The molecule has 0 aliphatic carbocycles. The van der Waals surface area contributed by atoms with Crippen LogP contribution in [0.15, 0.2) is 60.7 Å². The summed E-state index contributed by atoms with van der Waals surface area (Å²) in [6.45, 7) is 6.15. The lowest BCUT2D eigenvalue weighted by Gasteiger charge is -2.12. The second-order valence-corrected chi connectivity index (χ2v) is 7.46. The van der Waals surface area contributed by atoms with Crippen LogP contribution in [0.1, 0.15) is 34.5 Å². The van der Waals surface area contributed by atoms with E-state index in [1.165, 1.54) is 0 Å². The molecule has 0 unspecified atom stereocenters. The zero-order chi connectivity index (χ0) is 22.0. The lowest BCUT2D eigenvalue weighted by molar-refractivity contribution is -0.122. The van der Waals surface area contributed by atoms with Crippen LogP contribution < -0.4 is 10.9 Å². The number of carbonyl (C=O) groups is 2. The van der Waals surface area contributed by atoms with Crippen molar-refractivity contribution in [2.45, 2.75) is 33.7 Å². The van der Waals surface area contributed by atoms with E-state index < -0.39 is 0 Å². The number of nitrogens with one attached hydrogen (secondary N) is 2. The van der Waals surface area contributed by atoms with Crippen molar-refractivity contribution in [2.75, 3.05) is 0 Å². The molecule has 0 aliphatic heterocycles. The first-order valence-electron chi connectivity index (χ1n) is 10.3. The first-order valence-corrected chi connectivity index (χ1v) is 10.3. The van der Waals surface area contributed by atoms with Crippen LogP contribution in [0.4, 0.5) is 0 Å². The van der Waals surface area contributed by atoms with Crippen LogP contribution in [-0.2, 0) is 17.8 Å². The molecule has 2 heterocycles. The molecule has 0 fully saturated rings. The van der Waals surface area contributed by atoms with Crippen LogP contribution in [0.2, 0.25) is 0 Å². The molecule has 0 radical (unpaired) electrons. The standard InChI is InChI=1S/C24H25N5O2/c1-4-22-25-20-7-5-6-8-21(20)28(22)15-23(30)26-27-24(31)18-11-13-19(14-12-18)29-16(2)9-10-17(29)3/h5-14H,4,15H2,1-3H3,(H,26,30)(H,27,31). The highest BCUT2D eigenvalue weighted by atomic mass is 16.2. The highest BCUT2D eigenvalue weighted by Gasteiger charge is 2.13. The highest BCUT2D eigenvalue weighted by molar-refractivity contribution is 5.95. The number of amides is 2. The Labute approximate surface area is 180 Å². The number of hydrazine groups is 1. The number of aryl methyl sites for hydroxylation is 3. The van der Waals surface area contributed by atoms with E-state index >= 15 is 0 Å². The first-order chi connectivity index (χ1) is 15.0. The monoisotopic (exact) mass is 415 g/mol. The zero-order valence-electron chi connectivity index (χ0n) is 17.8. The average molecular weight is 415 g/mol. The van der Waals surface area contributed by atoms with E-state index in [2.05, 4.69) is 32.5 Å².